The second-order valence-electron chi connectivity index (χ2n) is 9.90. The number of carbonyl (C=O) groups is 1. The van der Waals surface area contributed by atoms with E-state index in [1.54, 1.807) is 0 Å². The van der Waals surface area contributed by atoms with Crippen LogP contribution < -0.4 is 0 Å². The molecule has 0 aliphatic heterocycles. The first-order chi connectivity index (χ1) is 12.0. The molecular formula is C22H36O3. The molecule has 4 fully saturated rings. The monoisotopic (exact) mass is 348 g/mol. The number of aldehydes is 1. The smallest absolute Gasteiger partial charge is 0.123 e. The zero-order valence-electron chi connectivity index (χ0n) is 16.1. The Bertz CT molecular complexity index is 506. The Hall–Kier alpha value is -0.410. The Labute approximate surface area is 152 Å². The van der Waals surface area contributed by atoms with Gasteiger partial charge in [0.1, 0.15) is 6.29 Å². The summed E-state index contributed by atoms with van der Waals surface area (Å²) in [5.41, 5.74) is -0.302. The number of hydrogen-bond acceptors (Lipinski definition) is 3. The standard InChI is InChI=1S/C22H36O3/c1-3-25-14-22(24)11-9-17-15(12-22)4-6-19-18(17)8-10-21(2)16(13-23)5-7-20(19)21/h13,15-20,24H,3-12,14H2,1-2H3/t15-,16+,17-,18+,19?,20-,21?,22+/m0/s1. The van der Waals surface area contributed by atoms with Crippen molar-refractivity contribution in [1.29, 1.82) is 0 Å². The number of hydrogen-bond donors (Lipinski definition) is 1. The first-order valence-corrected chi connectivity index (χ1v) is 10.8. The number of rotatable bonds is 4. The van der Waals surface area contributed by atoms with Crippen LogP contribution in [0.5, 0.6) is 0 Å². The third-order valence-corrected chi connectivity index (χ3v) is 8.92. The van der Waals surface area contributed by atoms with E-state index >= 15 is 0 Å². The van der Waals surface area contributed by atoms with Gasteiger partial charge < -0.3 is 14.6 Å². The quantitative estimate of drug-likeness (QED) is 0.774. The van der Waals surface area contributed by atoms with Gasteiger partial charge in [0.15, 0.2) is 0 Å². The maximum Gasteiger partial charge on any atom is 0.123 e. The topological polar surface area (TPSA) is 46.5 Å². The molecule has 0 saturated heterocycles. The second kappa shape index (κ2) is 6.64. The Morgan fingerprint density at radius 3 is 2.60 bits per heavy atom. The molecule has 0 radical (unpaired) electrons. The first-order valence-electron chi connectivity index (χ1n) is 10.8. The van der Waals surface area contributed by atoms with Gasteiger partial charge in [-0.05, 0) is 99.7 Å². The molecular weight excluding hydrogens is 312 g/mol. The van der Waals surface area contributed by atoms with Crippen molar-refractivity contribution in [2.24, 2.45) is 40.9 Å². The fourth-order valence-electron chi connectivity index (χ4n) is 7.65. The van der Waals surface area contributed by atoms with Gasteiger partial charge in [-0.25, -0.2) is 0 Å². The van der Waals surface area contributed by atoms with E-state index in [0.29, 0.717) is 25.0 Å². The summed E-state index contributed by atoms with van der Waals surface area (Å²) in [5, 5.41) is 10.9. The van der Waals surface area contributed by atoms with E-state index in [4.69, 9.17) is 4.74 Å². The van der Waals surface area contributed by atoms with Crippen LogP contribution in [0, 0.1) is 40.9 Å². The van der Waals surface area contributed by atoms with Gasteiger partial charge in [0.05, 0.1) is 12.2 Å². The molecule has 4 saturated carbocycles. The fraction of sp³-hybridized carbons (Fsp3) is 0.955. The highest BCUT2D eigenvalue weighted by Gasteiger charge is 2.57. The van der Waals surface area contributed by atoms with Gasteiger partial charge in [-0.2, -0.15) is 0 Å². The van der Waals surface area contributed by atoms with Crippen molar-refractivity contribution in [1.82, 2.24) is 0 Å². The zero-order chi connectivity index (χ0) is 17.7. The van der Waals surface area contributed by atoms with Crippen LogP contribution in [-0.4, -0.2) is 30.2 Å². The summed E-state index contributed by atoms with van der Waals surface area (Å²) in [6, 6.07) is 0. The lowest BCUT2D eigenvalue weighted by molar-refractivity contribution is -0.132. The second-order valence-corrected chi connectivity index (χ2v) is 9.90. The summed E-state index contributed by atoms with van der Waals surface area (Å²) in [6.07, 6.45) is 11.8. The maximum absolute atomic E-state index is 11.6. The zero-order valence-corrected chi connectivity index (χ0v) is 16.1. The van der Waals surface area contributed by atoms with Crippen molar-refractivity contribution < 1.29 is 14.6 Å². The summed E-state index contributed by atoms with van der Waals surface area (Å²) in [6.45, 7) is 5.63. The molecule has 0 spiro atoms. The minimum atomic E-state index is -0.580. The lowest BCUT2D eigenvalue weighted by Gasteiger charge is -2.56. The lowest BCUT2D eigenvalue weighted by atomic mass is 9.49. The molecule has 0 aromatic carbocycles. The Morgan fingerprint density at radius 2 is 1.84 bits per heavy atom. The van der Waals surface area contributed by atoms with Crippen LogP contribution in [0.4, 0.5) is 0 Å². The molecule has 4 rings (SSSR count). The predicted molar refractivity (Wildman–Crippen MR) is 98.1 cm³/mol. The summed E-state index contributed by atoms with van der Waals surface area (Å²) in [5.74, 6) is 4.25. The molecule has 142 valence electrons. The normalized spacial score (nSPS) is 52.1. The highest BCUT2D eigenvalue weighted by atomic mass is 16.5. The minimum Gasteiger partial charge on any atom is -0.387 e. The van der Waals surface area contributed by atoms with Crippen molar-refractivity contribution in [3.05, 3.63) is 0 Å². The maximum atomic E-state index is 11.6. The Morgan fingerprint density at radius 1 is 1.04 bits per heavy atom. The van der Waals surface area contributed by atoms with E-state index in [0.717, 1.165) is 42.9 Å². The molecule has 1 N–H and O–H groups in total. The molecule has 3 heteroatoms. The van der Waals surface area contributed by atoms with Crippen molar-refractivity contribution in [2.45, 2.75) is 77.2 Å². The molecule has 0 aromatic heterocycles. The predicted octanol–water partition coefficient (Wildman–Crippen LogP) is 4.22. The largest absolute Gasteiger partial charge is 0.387 e. The van der Waals surface area contributed by atoms with Crippen LogP contribution in [0.25, 0.3) is 0 Å². The van der Waals surface area contributed by atoms with Gasteiger partial charge in [-0.1, -0.05) is 6.92 Å². The molecule has 0 amide bonds. The molecule has 0 aromatic rings. The summed E-state index contributed by atoms with van der Waals surface area (Å²) in [4.78, 5) is 11.6. The van der Waals surface area contributed by atoms with E-state index in [1.807, 2.05) is 6.92 Å². The number of aliphatic hydroxyl groups is 1. The van der Waals surface area contributed by atoms with Gasteiger partial charge in [-0.3, -0.25) is 0 Å². The molecule has 4 aliphatic carbocycles. The van der Waals surface area contributed by atoms with Crippen LogP contribution in [0.3, 0.4) is 0 Å². The highest BCUT2D eigenvalue weighted by Crippen LogP contribution is 2.64. The van der Waals surface area contributed by atoms with Crippen molar-refractivity contribution >= 4 is 6.29 Å². The molecule has 8 atom stereocenters. The van der Waals surface area contributed by atoms with Crippen molar-refractivity contribution in [3.63, 3.8) is 0 Å². The number of fused-ring (bicyclic) bond motifs is 5. The summed E-state index contributed by atoms with van der Waals surface area (Å²) in [7, 11) is 0. The SMILES string of the molecule is CCOC[C@@]1(O)CC[C@H]2[C@@H](CCC3[C@@H]2CCC2(C)[C@@H](C=O)CC[C@@H]32)C1. The summed E-state index contributed by atoms with van der Waals surface area (Å²) >= 11 is 0. The van der Waals surface area contributed by atoms with E-state index in [9.17, 15) is 9.90 Å². The van der Waals surface area contributed by atoms with Gasteiger partial charge in [-0.15, -0.1) is 0 Å². The molecule has 0 heterocycles. The number of carbonyl (C=O) groups excluding carboxylic acids is 1. The molecule has 4 aliphatic rings. The highest BCUT2D eigenvalue weighted by molar-refractivity contribution is 5.56. The van der Waals surface area contributed by atoms with Gasteiger partial charge in [0.2, 0.25) is 0 Å². The van der Waals surface area contributed by atoms with Crippen LogP contribution in [0.15, 0.2) is 0 Å². The average molecular weight is 349 g/mol. The van der Waals surface area contributed by atoms with Gasteiger partial charge in [0.25, 0.3) is 0 Å². The molecule has 25 heavy (non-hydrogen) atoms. The van der Waals surface area contributed by atoms with E-state index in [1.165, 1.54) is 44.8 Å². The molecule has 2 unspecified atom stereocenters. The Balaban J connectivity index is 1.47. The lowest BCUT2D eigenvalue weighted by Crippen LogP contribution is -2.52. The van der Waals surface area contributed by atoms with Gasteiger partial charge in [0, 0.05) is 12.5 Å². The third-order valence-electron chi connectivity index (χ3n) is 8.92. The number of ether oxygens (including phenoxy) is 1. The first kappa shape index (κ1) is 18.0. The van der Waals surface area contributed by atoms with E-state index in [2.05, 4.69) is 6.92 Å². The average Bonchev–Trinajstić information content (AvgIpc) is 2.96. The van der Waals surface area contributed by atoms with Crippen molar-refractivity contribution in [2.75, 3.05) is 13.2 Å². The van der Waals surface area contributed by atoms with E-state index in [-0.39, 0.29) is 5.41 Å². The fourth-order valence-corrected chi connectivity index (χ4v) is 7.65. The van der Waals surface area contributed by atoms with Gasteiger partial charge >= 0.3 is 0 Å². The van der Waals surface area contributed by atoms with Crippen LogP contribution in [0.1, 0.15) is 71.6 Å². The van der Waals surface area contributed by atoms with Crippen LogP contribution in [-0.2, 0) is 9.53 Å². The van der Waals surface area contributed by atoms with Crippen LogP contribution in [0.2, 0.25) is 0 Å². The summed E-state index contributed by atoms with van der Waals surface area (Å²) < 4.78 is 5.57. The molecule has 3 nitrogen and oxygen atoms in total. The van der Waals surface area contributed by atoms with Crippen LogP contribution >= 0.6 is 0 Å². The minimum absolute atomic E-state index is 0.278. The molecule has 0 bridgehead atoms. The van der Waals surface area contributed by atoms with E-state index < -0.39 is 5.60 Å². The Kier molecular flexibility index (Phi) is 4.77. The van der Waals surface area contributed by atoms with Crippen molar-refractivity contribution in [3.8, 4) is 0 Å². The third kappa shape index (κ3) is 2.90.